The van der Waals surface area contributed by atoms with E-state index in [-0.39, 0.29) is 18.0 Å². The maximum Gasteiger partial charge on any atom is 0.327 e. The van der Waals surface area contributed by atoms with Crippen molar-refractivity contribution in [3.8, 4) is 0 Å². The van der Waals surface area contributed by atoms with Crippen LogP contribution in [0.5, 0.6) is 0 Å². The van der Waals surface area contributed by atoms with E-state index in [4.69, 9.17) is 0 Å². The molecule has 1 heterocycles. The van der Waals surface area contributed by atoms with Gasteiger partial charge in [-0.3, -0.25) is 9.69 Å². The van der Waals surface area contributed by atoms with Gasteiger partial charge in [0.1, 0.15) is 5.54 Å². The van der Waals surface area contributed by atoms with Crippen molar-refractivity contribution in [2.45, 2.75) is 52.6 Å². The van der Waals surface area contributed by atoms with Crippen LogP contribution in [0.1, 0.15) is 41.0 Å². The largest absolute Gasteiger partial charge is 0.327 e. The number of carbonyl (C=O) groups is 2. The highest BCUT2D eigenvalue weighted by molar-refractivity contribution is 6.07. The summed E-state index contributed by atoms with van der Waals surface area (Å²) in [6.07, 6.45) is 0.661. The highest BCUT2D eigenvalue weighted by Gasteiger charge is 2.52. The van der Waals surface area contributed by atoms with Crippen LogP contribution < -0.4 is 0 Å². The third-order valence-corrected chi connectivity index (χ3v) is 3.23. The number of amides is 3. The highest BCUT2D eigenvalue weighted by atomic mass is 16.2. The SMILES string of the molecule is CCN1C(=O)N(C(C)C)C(=O)C1(C)CC. The second kappa shape index (κ2) is 3.83. The van der Waals surface area contributed by atoms with Crippen molar-refractivity contribution >= 4 is 11.9 Å². The third kappa shape index (κ3) is 1.52. The minimum Gasteiger partial charge on any atom is -0.310 e. The van der Waals surface area contributed by atoms with E-state index in [0.29, 0.717) is 13.0 Å². The first-order chi connectivity index (χ1) is 6.90. The van der Waals surface area contributed by atoms with Gasteiger partial charge in [0.25, 0.3) is 5.91 Å². The first-order valence-electron chi connectivity index (χ1n) is 5.55. The molecule has 1 saturated heterocycles. The maximum absolute atomic E-state index is 12.1. The molecule has 0 aliphatic carbocycles. The summed E-state index contributed by atoms with van der Waals surface area (Å²) < 4.78 is 0. The topological polar surface area (TPSA) is 40.6 Å². The Labute approximate surface area is 91.2 Å². The molecule has 86 valence electrons. The Bertz CT molecular complexity index is 288. The van der Waals surface area contributed by atoms with E-state index in [1.165, 1.54) is 4.90 Å². The Morgan fingerprint density at radius 2 is 1.80 bits per heavy atom. The molecule has 1 fully saturated rings. The molecule has 4 nitrogen and oxygen atoms in total. The molecule has 0 saturated carbocycles. The number of hydrogen-bond donors (Lipinski definition) is 0. The fraction of sp³-hybridized carbons (Fsp3) is 0.818. The molecule has 0 bridgehead atoms. The van der Waals surface area contributed by atoms with Crippen molar-refractivity contribution in [3.05, 3.63) is 0 Å². The number of carbonyl (C=O) groups excluding carboxylic acids is 2. The van der Waals surface area contributed by atoms with Crippen molar-refractivity contribution in [2.24, 2.45) is 0 Å². The number of nitrogens with zero attached hydrogens (tertiary/aromatic N) is 2. The van der Waals surface area contributed by atoms with Crippen molar-refractivity contribution in [3.63, 3.8) is 0 Å². The summed E-state index contributed by atoms with van der Waals surface area (Å²) in [6, 6.07) is -0.214. The summed E-state index contributed by atoms with van der Waals surface area (Å²) in [5.74, 6) is -0.0631. The van der Waals surface area contributed by atoms with Crippen LogP contribution in [0.15, 0.2) is 0 Å². The Morgan fingerprint density at radius 1 is 1.27 bits per heavy atom. The number of urea groups is 1. The lowest BCUT2D eigenvalue weighted by atomic mass is 9.97. The normalized spacial score (nSPS) is 27.1. The van der Waals surface area contributed by atoms with E-state index in [1.807, 2.05) is 34.6 Å². The predicted octanol–water partition coefficient (Wildman–Crippen LogP) is 1.85. The molecule has 0 aromatic rings. The van der Waals surface area contributed by atoms with E-state index in [9.17, 15) is 9.59 Å². The molecular formula is C11H20N2O2. The molecule has 1 aliphatic rings. The standard InChI is InChI=1S/C11H20N2O2/c1-6-11(5)9(14)13(8(3)4)10(15)12(11)7-2/h8H,6-7H2,1-5H3. The van der Waals surface area contributed by atoms with Gasteiger partial charge in [0, 0.05) is 12.6 Å². The van der Waals surface area contributed by atoms with Gasteiger partial charge >= 0.3 is 6.03 Å². The van der Waals surface area contributed by atoms with Crippen molar-refractivity contribution < 1.29 is 9.59 Å². The summed E-state index contributed by atoms with van der Waals surface area (Å²) in [5.41, 5.74) is -0.643. The van der Waals surface area contributed by atoms with Crippen LogP contribution in [0.4, 0.5) is 4.79 Å². The van der Waals surface area contributed by atoms with Gasteiger partial charge in [-0.05, 0) is 34.1 Å². The zero-order chi connectivity index (χ0) is 11.8. The quantitative estimate of drug-likeness (QED) is 0.670. The molecule has 1 unspecified atom stereocenters. The lowest BCUT2D eigenvalue weighted by molar-refractivity contribution is -0.133. The average Bonchev–Trinajstić information content (AvgIpc) is 2.35. The molecule has 15 heavy (non-hydrogen) atoms. The van der Waals surface area contributed by atoms with Crippen LogP contribution in [0, 0.1) is 0 Å². The fourth-order valence-electron chi connectivity index (χ4n) is 2.08. The average molecular weight is 212 g/mol. The summed E-state index contributed by atoms with van der Waals surface area (Å²) in [7, 11) is 0. The first kappa shape index (κ1) is 12.0. The zero-order valence-corrected chi connectivity index (χ0v) is 10.2. The molecule has 3 amide bonds. The lowest BCUT2D eigenvalue weighted by Crippen LogP contribution is -2.46. The van der Waals surface area contributed by atoms with Crippen LogP contribution in [0.25, 0.3) is 0 Å². The van der Waals surface area contributed by atoms with E-state index >= 15 is 0 Å². The second-order valence-corrected chi connectivity index (χ2v) is 4.42. The minimum atomic E-state index is -0.643. The molecule has 4 heteroatoms. The molecule has 0 radical (unpaired) electrons. The van der Waals surface area contributed by atoms with Crippen LogP contribution in [0.2, 0.25) is 0 Å². The van der Waals surface area contributed by atoms with E-state index in [0.717, 1.165) is 0 Å². The Balaban J connectivity index is 3.13. The van der Waals surface area contributed by atoms with Crippen LogP contribution in [0.3, 0.4) is 0 Å². The summed E-state index contributed by atoms with van der Waals surface area (Å²) in [5, 5.41) is 0. The number of rotatable bonds is 3. The second-order valence-electron chi connectivity index (χ2n) is 4.42. The number of imide groups is 1. The molecule has 0 aromatic carbocycles. The monoisotopic (exact) mass is 212 g/mol. The van der Waals surface area contributed by atoms with E-state index in [2.05, 4.69) is 0 Å². The molecule has 0 N–H and O–H groups in total. The molecule has 1 atom stereocenters. The summed E-state index contributed by atoms with van der Waals surface area (Å²) in [6.45, 7) is 10.0. The van der Waals surface area contributed by atoms with Gasteiger partial charge in [-0.25, -0.2) is 4.79 Å². The Hall–Kier alpha value is -1.06. The van der Waals surface area contributed by atoms with E-state index < -0.39 is 5.54 Å². The minimum absolute atomic E-state index is 0.0626. The van der Waals surface area contributed by atoms with Gasteiger partial charge in [0.15, 0.2) is 0 Å². The van der Waals surface area contributed by atoms with Crippen molar-refractivity contribution in [2.75, 3.05) is 6.54 Å². The smallest absolute Gasteiger partial charge is 0.310 e. The first-order valence-corrected chi connectivity index (χ1v) is 5.55. The van der Waals surface area contributed by atoms with Crippen LogP contribution in [-0.2, 0) is 4.79 Å². The van der Waals surface area contributed by atoms with Gasteiger partial charge < -0.3 is 4.90 Å². The molecular weight excluding hydrogens is 192 g/mol. The van der Waals surface area contributed by atoms with Gasteiger partial charge in [-0.15, -0.1) is 0 Å². The molecule has 0 spiro atoms. The van der Waals surface area contributed by atoms with Gasteiger partial charge in [-0.1, -0.05) is 6.92 Å². The van der Waals surface area contributed by atoms with Gasteiger partial charge in [0.05, 0.1) is 0 Å². The van der Waals surface area contributed by atoms with Gasteiger partial charge in [0.2, 0.25) is 0 Å². The van der Waals surface area contributed by atoms with Crippen LogP contribution in [-0.4, -0.2) is 39.9 Å². The Kier molecular flexibility index (Phi) is 3.07. The summed E-state index contributed by atoms with van der Waals surface area (Å²) >= 11 is 0. The molecule has 1 rings (SSSR count). The third-order valence-electron chi connectivity index (χ3n) is 3.23. The predicted molar refractivity (Wildman–Crippen MR) is 58.5 cm³/mol. The van der Waals surface area contributed by atoms with Crippen molar-refractivity contribution in [1.82, 2.24) is 9.80 Å². The number of likely N-dealkylation sites (N-methyl/N-ethyl adjacent to an activating group) is 1. The highest BCUT2D eigenvalue weighted by Crippen LogP contribution is 2.31. The fourth-order valence-corrected chi connectivity index (χ4v) is 2.08. The summed E-state index contributed by atoms with van der Waals surface area (Å²) in [4.78, 5) is 27.2. The van der Waals surface area contributed by atoms with Crippen LogP contribution >= 0.6 is 0 Å². The Morgan fingerprint density at radius 3 is 2.07 bits per heavy atom. The molecule has 0 aromatic heterocycles. The van der Waals surface area contributed by atoms with E-state index in [1.54, 1.807) is 4.90 Å². The van der Waals surface area contributed by atoms with Gasteiger partial charge in [-0.2, -0.15) is 0 Å². The lowest BCUT2D eigenvalue weighted by Gasteiger charge is -2.29. The zero-order valence-electron chi connectivity index (χ0n) is 10.2. The number of hydrogen-bond acceptors (Lipinski definition) is 2. The maximum atomic E-state index is 12.1. The molecule has 1 aliphatic heterocycles. The van der Waals surface area contributed by atoms with Crippen molar-refractivity contribution in [1.29, 1.82) is 0 Å².